The predicted molar refractivity (Wildman–Crippen MR) is 216 cm³/mol. The maximum absolute atomic E-state index is 12.4. The van der Waals surface area contributed by atoms with Gasteiger partial charge >= 0.3 is 19.8 Å². The molecule has 9 heteroatoms. The lowest BCUT2D eigenvalue weighted by molar-refractivity contribution is -0.161. The van der Waals surface area contributed by atoms with Gasteiger partial charge in [-0.2, -0.15) is 0 Å². The maximum atomic E-state index is 12.4. The van der Waals surface area contributed by atoms with Gasteiger partial charge in [0.15, 0.2) is 6.10 Å². The van der Waals surface area contributed by atoms with Crippen LogP contribution < -0.4 is 0 Å². The van der Waals surface area contributed by atoms with Crippen molar-refractivity contribution in [1.82, 2.24) is 0 Å². The summed E-state index contributed by atoms with van der Waals surface area (Å²) in [5.74, 6) is -0.897. The summed E-state index contributed by atoms with van der Waals surface area (Å²) in [5.41, 5.74) is 0. The van der Waals surface area contributed by atoms with Crippen LogP contribution in [-0.2, 0) is 28.2 Å². The van der Waals surface area contributed by atoms with Crippen molar-refractivity contribution in [2.24, 2.45) is 0 Å². The first-order chi connectivity index (χ1) is 25.3. The smallest absolute Gasteiger partial charge is 0.462 e. The van der Waals surface area contributed by atoms with Crippen molar-refractivity contribution in [2.75, 3.05) is 13.2 Å². The van der Waals surface area contributed by atoms with Crippen molar-refractivity contribution < 1.29 is 37.9 Å². The Kier molecular flexibility index (Phi) is 38.6. The van der Waals surface area contributed by atoms with Crippen LogP contribution in [0.15, 0.2) is 12.2 Å². The van der Waals surface area contributed by atoms with Gasteiger partial charge in [0.05, 0.1) is 6.61 Å². The molecule has 0 saturated heterocycles. The third-order valence-electron chi connectivity index (χ3n) is 9.78. The van der Waals surface area contributed by atoms with Crippen LogP contribution in [0.25, 0.3) is 0 Å². The van der Waals surface area contributed by atoms with Gasteiger partial charge in [-0.25, -0.2) is 4.57 Å². The summed E-state index contributed by atoms with van der Waals surface area (Å²) in [6.45, 7) is 3.70. The van der Waals surface area contributed by atoms with E-state index in [4.69, 9.17) is 19.3 Å². The summed E-state index contributed by atoms with van der Waals surface area (Å²) in [7, 11) is -4.75. The van der Waals surface area contributed by atoms with Gasteiger partial charge in [-0.15, -0.1) is 0 Å². The van der Waals surface area contributed by atoms with E-state index in [0.29, 0.717) is 6.42 Å². The predicted octanol–water partition coefficient (Wildman–Crippen LogP) is 13.4. The Hall–Kier alpha value is -1.21. The van der Waals surface area contributed by atoms with Crippen molar-refractivity contribution in [3.05, 3.63) is 12.2 Å². The highest BCUT2D eigenvalue weighted by Crippen LogP contribution is 2.36. The molecule has 0 spiro atoms. The molecule has 0 amide bonds. The van der Waals surface area contributed by atoms with Crippen LogP contribution in [0.3, 0.4) is 0 Å². The number of hydrogen-bond donors (Lipinski definition) is 2. The van der Waals surface area contributed by atoms with Gasteiger partial charge in [0.25, 0.3) is 0 Å². The highest BCUT2D eigenvalue weighted by molar-refractivity contribution is 7.46. The Morgan fingerprint density at radius 3 is 1.21 bits per heavy atom. The largest absolute Gasteiger partial charge is 0.469 e. The second-order valence-corrected chi connectivity index (χ2v) is 16.3. The van der Waals surface area contributed by atoms with E-state index < -0.39 is 32.5 Å². The highest BCUT2D eigenvalue weighted by atomic mass is 31.2. The van der Waals surface area contributed by atoms with Gasteiger partial charge < -0.3 is 19.3 Å². The lowest BCUT2D eigenvalue weighted by Crippen LogP contribution is -2.29. The number of carbonyl (C=O) groups excluding carboxylic acids is 2. The second-order valence-electron chi connectivity index (χ2n) is 15.0. The number of phosphoric ester groups is 1. The molecule has 0 bridgehead atoms. The van der Waals surface area contributed by atoms with Crippen LogP contribution in [0.5, 0.6) is 0 Å². The maximum Gasteiger partial charge on any atom is 0.469 e. The van der Waals surface area contributed by atoms with Crippen LogP contribution in [0.2, 0.25) is 0 Å². The first-order valence-electron chi connectivity index (χ1n) is 22.0. The third kappa shape index (κ3) is 41.5. The van der Waals surface area contributed by atoms with Crippen LogP contribution >= 0.6 is 7.82 Å². The van der Waals surface area contributed by atoms with Gasteiger partial charge in [-0.1, -0.05) is 193 Å². The number of unbranched alkanes of at least 4 members (excludes halogenated alkanes) is 29. The van der Waals surface area contributed by atoms with Crippen LogP contribution in [0.1, 0.15) is 232 Å². The van der Waals surface area contributed by atoms with E-state index in [9.17, 15) is 14.2 Å². The highest BCUT2D eigenvalue weighted by Gasteiger charge is 2.22. The Morgan fingerprint density at radius 2 is 0.808 bits per heavy atom. The minimum absolute atomic E-state index is 0.186. The van der Waals surface area contributed by atoms with Gasteiger partial charge in [-0.3, -0.25) is 14.1 Å². The molecule has 0 unspecified atom stereocenters. The minimum atomic E-state index is -4.75. The van der Waals surface area contributed by atoms with Crippen molar-refractivity contribution >= 4 is 19.8 Å². The lowest BCUT2D eigenvalue weighted by atomic mass is 10.0. The van der Waals surface area contributed by atoms with E-state index in [2.05, 4.69) is 30.5 Å². The molecule has 0 rings (SSSR count). The summed E-state index contributed by atoms with van der Waals surface area (Å²) in [4.78, 5) is 42.9. The summed E-state index contributed by atoms with van der Waals surface area (Å²) >= 11 is 0. The zero-order valence-electron chi connectivity index (χ0n) is 34.0. The monoisotopic (exact) mass is 759 g/mol. The molecule has 0 aromatic heterocycles. The molecule has 0 aliphatic rings. The number of allylic oxidation sites excluding steroid dienone is 2. The Morgan fingerprint density at radius 1 is 0.481 bits per heavy atom. The van der Waals surface area contributed by atoms with Gasteiger partial charge in [0.1, 0.15) is 6.61 Å². The Labute approximate surface area is 320 Å². The first kappa shape index (κ1) is 50.8. The first-order valence-corrected chi connectivity index (χ1v) is 23.5. The molecule has 0 heterocycles. The second kappa shape index (κ2) is 39.5. The molecule has 0 radical (unpaired) electrons. The van der Waals surface area contributed by atoms with Crippen LogP contribution in [0, 0.1) is 0 Å². The lowest BCUT2D eigenvalue weighted by Gasteiger charge is -2.18. The topological polar surface area (TPSA) is 119 Å². The molecule has 1 atom stereocenters. The van der Waals surface area contributed by atoms with Crippen LogP contribution in [-0.4, -0.2) is 41.0 Å². The Bertz CT molecular complexity index is 858. The van der Waals surface area contributed by atoms with Crippen molar-refractivity contribution in [3.8, 4) is 0 Å². The average Bonchev–Trinajstić information content (AvgIpc) is 3.11. The van der Waals surface area contributed by atoms with Gasteiger partial charge in [0.2, 0.25) is 0 Å². The van der Waals surface area contributed by atoms with Crippen molar-refractivity contribution in [3.63, 3.8) is 0 Å². The fourth-order valence-electron chi connectivity index (χ4n) is 6.49. The van der Waals surface area contributed by atoms with E-state index in [-0.39, 0.29) is 19.4 Å². The summed E-state index contributed by atoms with van der Waals surface area (Å²) in [6.07, 6.45) is 43.7. The third-order valence-corrected chi connectivity index (χ3v) is 10.3. The summed E-state index contributed by atoms with van der Waals surface area (Å²) < 4.78 is 26.4. The fourth-order valence-corrected chi connectivity index (χ4v) is 6.85. The normalized spacial score (nSPS) is 12.5. The molecule has 0 aromatic carbocycles. The summed E-state index contributed by atoms with van der Waals surface area (Å²) in [6, 6.07) is 0. The molecule has 0 aromatic rings. The van der Waals surface area contributed by atoms with Gasteiger partial charge in [0, 0.05) is 12.8 Å². The quantitative estimate of drug-likeness (QED) is 0.0274. The van der Waals surface area contributed by atoms with E-state index in [0.717, 1.165) is 38.5 Å². The number of esters is 2. The standard InChI is InChI=1S/C43H83O8P/c1-3-5-7-9-11-13-15-17-19-20-21-22-24-25-27-29-31-33-35-37-42(44)49-39-41(40-50-52(46,47)48)51-43(45)38-36-34-32-30-28-26-23-18-16-14-12-10-8-6-4-2/h28,30,41H,3-27,29,31-40H2,1-2H3,(H2,46,47,48)/b30-28+/t41-/m1/s1. The number of rotatable bonds is 41. The molecule has 2 N–H and O–H groups in total. The molecule has 0 fully saturated rings. The fraction of sp³-hybridized carbons (Fsp3) is 0.907. The van der Waals surface area contributed by atoms with Crippen LogP contribution in [0.4, 0.5) is 0 Å². The molecule has 0 aliphatic carbocycles. The van der Waals surface area contributed by atoms with Crippen molar-refractivity contribution in [2.45, 2.75) is 238 Å². The van der Waals surface area contributed by atoms with Crippen molar-refractivity contribution in [1.29, 1.82) is 0 Å². The number of ether oxygens (including phenoxy) is 2. The Balaban J connectivity index is 3.86. The number of phosphoric acid groups is 1. The van der Waals surface area contributed by atoms with Gasteiger partial charge in [-0.05, 0) is 38.5 Å². The zero-order valence-corrected chi connectivity index (χ0v) is 34.9. The minimum Gasteiger partial charge on any atom is -0.462 e. The average molecular weight is 759 g/mol. The van der Waals surface area contributed by atoms with E-state index in [1.165, 1.54) is 161 Å². The molecular weight excluding hydrogens is 675 g/mol. The van der Waals surface area contributed by atoms with E-state index >= 15 is 0 Å². The molecule has 8 nitrogen and oxygen atoms in total. The molecule has 0 aliphatic heterocycles. The molecule has 52 heavy (non-hydrogen) atoms. The SMILES string of the molecule is CCCCCCCCCCC/C=C/CCCCC(=O)O[C@H](COC(=O)CCCCCCCCCCCCCCCCCCCCC)COP(=O)(O)O. The summed E-state index contributed by atoms with van der Waals surface area (Å²) in [5, 5.41) is 0. The molecule has 0 saturated carbocycles. The molecular formula is C43H83O8P. The zero-order chi connectivity index (χ0) is 38.2. The van der Waals surface area contributed by atoms with E-state index in [1.807, 2.05) is 0 Å². The van der Waals surface area contributed by atoms with E-state index in [1.54, 1.807) is 0 Å². The number of carbonyl (C=O) groups is 2. The molecule has 308 valence electrons. The number of hydrogen-bond acceptors (Lipinski definition) is 6.